The lowest BCUT2D eigenvalue weighted by Crippen LogP contribution is -2.46. The zero-order valence-electron chi connectivity index (χ0n) is 19.4. The summed E-state index contributed by atoms with van der Waals surface area (Å²) in [5.74, 6) is -0.521. The first-order chi connectivity index (χ1) is 17.0. The summed E-state index contributed by atoms with van der Waals surface area (Å²) < 4.78 is 16.7. The molecule has 0 spiro atoms. The summed E-state index contributed by atoms with van der Waals surface area (Å²) in [7, 11) is 0. The molecule has 0 unspecified atom stereocenters. The van der Waals surface area contributed by atoms with Gasteiger partial charge in [-0.05, 0) is 38.0 Å². The maximum absolute atomic E-state index is 15.3. The Labute approximate surface area is 200 Å². The summed E-state index contributed by atoms with van der Waals surface area (Å²) in [6.07, 6.45) is 5.18. The lowest BCUT2D eigenvalue weighted by Gasteiger charge is -2.36. The van der Waals surface area contributed by atoms with E-state index in [1.54, 1.807) is 18.3 Å². The standard InChI is InChI=1S/C25H26FN7O2/c1-15-20(7-6-19(28-15)24(34)29-17-3-4-17)32-12-10-31(11-13-32)14-16-2-5-18-22(21(16)26)30-25(35)33-9-8-27-23(18)33/h2,5-9,17H,3-4,10-14H2,1H3,(H,29,34)(H,30,35). The molecule has 1 saturated carbocycles. The van der Waals surface area contributed by atoms with Gasteiger partial charge in [-0.15, -0.1) is 0 Å². The number of aryl methyl sites for hydroxylation is 1. The fourth-order valence-electron chi connectivity index (χ4n) is 4.77. The van der Waals surface area contributed by atoms with Crippen molar-refractivity contribution in [2.75, 3.05) is 31.1 Å². The largest absolute Gasteiger partial charge is 0.368 e. The van der Waals surface area contributed by atoms with Crippen molar-refractivity contribution in [2.45, 2.75) is 32.4 Å². The Morgan fingerprint density at radius 3 is 2.71 bits per heavy atom. The fraction of sp³-hybridized carbons (Fsp3) is 0.360. The van der Waals surface area contributed by atoms with Gasteiger partial charge in [0.05, 0.1) is 16.9 Å². The van der Waals surface area contributed by atoms with Crippen molar-refractivity contribution in [2.24, 2.45) is 0 Å². The van der Waals surface area contributed by atoms with Gasteiger partial charge in [0.2, 0.25) is 0 Å². The summed E-state index contributed by atoms with van der Waals surface area (Å²) in [5, 5.41) is 3.56. The van der Waals surface area contributed by atoms with Crippen LogP contribution in [-0.2, 0) is 6.54 Å². The number of amides is 1. The Kier molecular flexibility index (Phi) is 5.25. The van der Waals surface area contributed by atoms with E-state index in [0.29, 0.717) is 34.9 Å². The Balaban J connectivity index is 1.14. The molecule has 4 aromatic rings. The smallest absolute Gasteiger partial charge is 0.331 e. The average molecular weight is 476 g/mol. The monoisotopic (exact) mass is 475 g/mol. The maximum Gasteiger partial charge on any atom is 0.331 e. The van der Waals surface area contributed by atoms with Crippen molar-refractivity contribution in [3.63, 3.8) is 0 Å². The molecule has 0 radical (unpaired) electrons. The number of nitrogens with zero attached hydrogens (tertiary/aromatic N) is 5. The minimum Gasteiger partial charge on any atom is -0.368 e. The van der Waals surface area contributed by atoms with Gasteiger partial charge in [-0.25, -0.2) is 19.2 Å². The molecule has 2 N–H and O–H groups in total. The number of piperazine rings is 1. The number of anilines is 1. The second-order valence-electron chi connectivity index (χ2n) is 9.32. The van der Waals surface area contributed by atoms with Crippen molar-refractivity contribution in [1.82, 2.24) is 29.6 Å². The molecule has 2 aliphatic rings. The Morgan fingerprint density at radius 1 is 1.17 bits per heavy atom. The summed E-state index contributed by atoms with van der Waals surface area (Å²) in [4.78, 5) is 40.4. The van der Waals surface area contributed by atoms with Crippen LogP contribution < -0.4 is 15.9 Å². The van der Waals surface area contributed by atoms with Crippen LogP contribution in [0.2, 0.25) is 0 Å². The van der Waals surface area contributed by atoms with Crippen LogP contribution in [0.25, 0.3) is 16.6 Å². The first-order valence-electron chi connectivity index (χ1n) is 11.9. The van der Waals surface area contributed by atoms with Gasteiger partial charge in [-0.2, -0.15) is 0 Å². The predicted molar refractivity (Wildman–Crippen MR) is 130 cm³/mol. The third-order valence-corrected chi connectivity index (χ3v) is 6.86. The topological polar surface area (TPSA) is 98.6 Å². The number of halogens is 1. The quantitative estimate of drug-likeness (QED) is 0.459. The number of H-pyrrole nitrogens is 1. The van der Waals surface area contributed by atoms with E-state index in [1.165, 1.54) is 10.6 Å². The number of aromatic amines is 1. The summed E-state index contributed by atoms with van der Waals surface area (Å²) in [6.45, 7) is 5.45. The van der Waals surface area contributed by atoms with Crippen molar-refractivity contribution in [1.29, 1.82) is 0 Å². The second-order valence-corrected chi connectivity index (χ2v) is 9.32. The SMILES string of the molecule is Cc1nc(C(=O)NC2CC2)ccc1N1CCN(Cc2ccc3c([nH]c(=O)n4ccnc34)c2F)CC1. The minimum absolute atomic E-state index is 0.112. The zero-order valence-corrected chi connectivity index (χ0v) is 19.4. The number of imidazole rings is 1. The van der Waals surface area contributed by atoms with Crippen LogP contribution in [0.1, 0.15) is 34.6 Å². The molecule has 2 fully saturated rings. The number of carbonyl (C=O) groups excluding carboxylic acids is 1. The van der Waals surface area contributed by atoms with Crippen LogP contribution >= 0.6 is 0 Å². The number of pyridine rings is 1. The Morgan fingerprint density at radius 2 is 1.97 bits per heavy atom. The molecule has 9 nitrogen and oxygen atoms in total. The van der Waals surface area contributed by atoms with E-state index in [2.05, 4.69) is 30.1 Å². The van der Waals surface area contributed by atoms with Crippen LogP contribution in [0, 0.1) is 12.7 Å². The van der Waals surface area contributed by atoms with Gasteiger partial charge in [-0.3, -0.25) is 14.1 Å². The van der Waals surface area contributed by atoms with Crippen molar-refractivity contribution >= 4 is 28.1 Å². The number of hydrogen-bond donors (Lipinski definition) is 2. The van der Waals surface area contributed by atoms with Gasteiger partial charge in [0, 0.05) is 62.1 Å². The number of rotatable bonds is 5. The third kappa shape index (κ3) is 4.03. The van der Waals surface area contributed by atoms with E-state index < -0.39 is 11.5 Å². The Hall–Kier alpha value is -3.79. The summed E-state index contributed by atoms with van der Waals surface area (Å²) in [6, 6.07) is 7.65. The van der Waals surface area contributed by atoms with Gasteiger partial charge in [0.1, 0.15) is 11.3 Å². The molecule has 1 amide bonds. The van der Waals surface area contributed by atoms with E-state index in [0.717, 1.165) is 50.4 Å². The van der Waals surface area contributed by atoms with Crippen LogP contribution in [0.5, 0.6) is 0 Å². The minimum atomic E-state index is -0.410. The molecule has 1 aromatic carbocycles. The molecule has 1 aliphatic heterocycles. The summed E-state index contributed by atoms with van der Waals surface area (Å²) in [5.41, 5.74) is 3.08. The highest BCUT2D eigenvalue weighted by molar-refractivity contribution is 5.93. The van der Waals surface area contributed by atoms with E-state index in [1.807, 2.05) is 19.1 Å². The molecule has 0 atom stereocenters. The second kappa shape index (κ2) is 8.46. The van der Waals surface area contributed by atoms with Crippen molar-refractivity contribution in [3.8, 4) is 0 Å². The third-order valence-electron chi connectivity index (χ3n) is 6.86. The number of hydrogen-bond acceptors (Lipinski definition) is 6. The van der Waals surface area contributed by atoms with Gasteiger partial charge in [0.25, 0.3) is 5.91 Å². The average Bonchev–Trinajstić information content (AvgIpc) is 3.52. The lowest BCUT2D eigenvalue weighted by molar-refractivity contribution is 0.0946. The molecule has 3 aromatic heterocycles. The normalized spacial score (nSPS) is 16.8. The molecular formula is C25H26FN7O2. The molecule has 1 saturated heterocycles. The van der Waals surface area contributed by atoms with Crippen LogP contribution in [0.15, 0.2) is 41.5 Å². The number of fused-ring (bicyclic) bond motifs is 3. The van der Waals surface area contributed by atoms with E-state index in [-0.39, 0.29) is 11.4 Å². The van der Waals surface area contributed by atoms with Gasteiger partial charge >= 0.3 is 5.69 Å². The highest BCUT2D eigenvalue weighted by atomic mass is 19.1. The molecular weight excluding hydrogens is 449 g/mol. The molecule has 4 heterocycles. The number of benzene rings is 1. The zero-order chi connectivity index (χ0) is 24.1. The predicted octanol–water partition coefficient (Wildman–Crippen LogP) is 2.23. The van der Waals surface area contributed by atoms with Crippen molar-refractivity contribution in [3.05, 3.63) is 69.9 Å². The van der Waals surface area contributed by atoms with Crippen molar-refractivity contribution < 1.29 is 9.18 Å². The molecule has 6 rings (SSSR count). The first-order valence-corrected chi connectivity index (χ1v) is 11.9. The van der Waals surface area contributed by atoms with Crippen LogP contribution in [0.4, 0.5) is 10.1 Å². The fourth-order valence-corrected chi connectivity index (χ4v) is 4.77. The van der Waals surface area contributed by atoms with Gasteiger partial charge in [0.15, 0.2) is 5.82 Å². The molecule has 35 heavy (non-hydrogen) atoms. The number of carbonyl (C=O) groups is 1. The number of aromatic nitrogens is 4. The van der Waals surface area contributed by atoms with E-state index >= 15 is 4.39 Å². The van der Waals surface area contributed by atoms with E-state index in [9.17, 15) is 9.59 Å². The lowest BCUT2D eigenvalue weighted by atomic mass is 10.1. The highest BCUT2D eigenvalue weighted by Gasteiger charge is 2.25. The summed E-state index contributed by atoms with van der Waals surface area (Å²) >= 11 is 0. The van der Waals surface area contributed by atoms with Crippen LogP contribution in [-0.4, -0.2) is 62.4 Å². The maximum atomic E-state index is 15.3. The van der Waals surface area contributed by atoms with Gasteiger partial charge < -0.3 is 15.2 Å². The van der Waals surface area contributed by atoms with Gasteiger partial charge in [-0.1, -0.05) is 6.07 Å². The molecule has 1 aliphatic carbocycles. The number of nitrogens with one attached hydrogen (secondary N) is 2. The highest BCUT2D eigenvalue weighted by Crippen LogP contribution is 2.25. The molecule has 0 bridgehead atoms. The first kappa shape index (κ1) is 21.7. The molecule has 180 valence electrons. The van der Waals surface area contributed by atoms with Crippen LogP contribution in [0.3, 0.4) is 0 Å². The molecule has 10 heteroatoms. The Bertz CT molecular complexity index is 1500. The van der Waals surface area contributed by atoms with E-state index in [4.69, 9.17) is 0 Å².